The van der Waals surface area contributed by atoms with E-state index < -0.39 is 0 Å². The fourth-order valence-electron chi connectivity index (χ4n) is 1.13. The van der Waals surface area contributed by atoms with Crippen molar-refractivity contribution in [3.8, 4) is 0 Å². The van der Waals surface area contributed by atoms with Gasteiger partial charge in [-0.15, -0.1) is 0 Å². The zero-order valence-electron chi connectivity index (χ0n) is 8.13. The summed E-state index contributed by atoms with van der Waals surface area (Å²) in [4.78, 5) is 11.4. The van der Waals surface area contributed by atoms with E-state index in [0.29, 0.717) is 23.6 Å². The maximum absolute atomic E-state index is 11.4. The van der Waals surface area contributed by atoms with Crippen LogP contribution in [-0.4, -0.2) is 17.8 Å². The van der Waals surface area contributed by atoms with Gasteiger partial charge >= 0.3 is 0 Å². The molecule has 0 atom stereocenters. The van der Waals surface area contributed by atoms with E-state index in [4.69, 9.17) is 11.6 Å². The van der Waals surface area contributed by atoms with E-state index in [9.17, 15) is 4.79 Å². The molecule has 0 bridgehead atoms. The first-order valence-electron chi connectivity index (χ1n) is 4.47. The largest absolute Gasteiger partial charge is 0.299 e. The van der Waals surface area contributed by atoms with Gasteiger partial charge in [0.25, 0.3) is 0 Å². The number of hydrogen-bond donors (Lipinski definition) is 0. The molecule has 0 spiro atoms. The third-order valence-electron chi connectivity index (χ3n) is 1.90. The van der Waals surface area contributed by atoms with Crippen molar-refractivity contribution in [2.24, 2.45) is 0 Å². The number of carbonyl (C=O) groups excluding carboxylic acids is 1. The van der Waals surface area contributed by atoms with E-state index in [1.165, 1.54) is 0 Å². The molecule has 0 saturated carbocycles. The van der Waals surface area contributed by atoms with Gasteiger partial charge in [0, 0.05) is 17.9 Å². The molecule has 3 heteroatoms. The zero-order valence-corrected chi connectivity index (χ0v) is 9.70. The lowest BCUT2D eigenvalue weighted by atomic mass is 10.1. The lowest BCUT2D eigenvalue weighted by Crippen LogP contribution is -2.03. The number of benzene rings is 1. The Morgan fingerprint density at radius 2 is 2.00 bits per heavy atom. The van der Waals surface area contributed by atoms with Crippen LogP contribution in [0.4, 0.5) is 0 Å². The Hall–Kier alpha value is -0.470. The minimum atomic E-state index is 0.293. The van der Waals surface area contributed by atoms with Gasteiger partial charge in [0.15, 0.2) is 0 Å². The molecule has 1 nitrogen and oxygen atoms in total. The van der Waals surface area contributed by atoms with Gasteiger partial charge < -0.3 is 0 Å². The minimum absolute atomic E-state index is 0.293. The van der Waals surface area contributed by atoms with Crippen LogP contribution in [0.15, 0.2) is 24.3 Å². The van der Waals surface area contributed by atoms with E-state index in [2.05, 4.69) is 0 Å². The second-order valence-corrected chi connectivity index (χ2v) is 4.51. The molecule has 0 aromatic heterocycles. The van der Waals surface area contributed by atoms with E-state index in [0.717, 1.165) is 11.3 Å². The smallest absolute Gasteiger partial charge is 0.138 e. The van der Waals surface area contributed by atoms with Crippen molar-refractivity contribution in [2.45, 2.75) is 12.8 Å². The average Bonchev–Trinajstić information content (AvgIpc) is 2.18. The third kappa shape index (κ3) is 4.16. The number of Topliss-reactive ketones (excluding diaryl/α,β-unsaturated/α-hetero) is 1. The van der Waals surface area contributed by atoms with Crippen molar-refractivity contribution in [1.82, 2.24) is 0 Å². The monoisotopic (exact) mass is 228 g/mol. The number of halogens is 1. The molecule has 1 aromatic carbocycles. The minimum Gasteiger partial charge on any atom is -0.299 e. The van der Waals surface area contributed by atoms with Crippen LogP contribution >= 0.6 is 23.4 Å². The molecule has 1 aromatic rings. The van der Waals surface area contributed by atoms with E-state index in [-0.39, 0.29) is 0 Å². The molecule has 0 fully saturated rings. The van der Waals surface area contributed by atoms with Gasteiger partial charge in [0.2, 0.25) is 0 Å². The Labute approximate surface area is 93.8 Å². The summed E-state index contributed by atoms with van der Waals surface area (Å²) >= 11 is 7.44. The first-order valence-corrected chi connectivity index (χ1v) is 6.24. The summed E-state index contributed by atoms with van der Waals surface area (Å²) in [6.07, 6.45) is 3.19. The number of ketones is 1. The summed E-state index contributed by atoms with van der Waals surface area (Å²) in [5.41, 5.74) is 1.04. The zero-order chi connectivity index (χ0) is 10.4. The highest BCUT2D eigenvalue weighted by atomic mass is 35.5. The van der Waals surface area contributed by atoms with Crippen LogP contribution in [0.2, 0.25) is 5.02 Å². The molecule has 0 N–H and O–H groups in total. The van der Waals surface area contributed by atoms with Crippen molar-refractivity contribution >= 4 is 29.1 Å². The van der Waals surface area contributed by atoms with Gasteiger partial charge in [-0.05, 0) is 29.7 Å². The summed E-state index contributed by atoms with van der Waals surface area (Å²) in [5.74, 6) is 1.20. The first kappa shape index (κ1) is 11.6. The predicted molar refractivity (Wildman–Crippen MR) is 63.2 cm³/mol. The second kappa shape index (κ2) is 6.10. The molecule has 0 aliphatic carbocycles. The molecule has 0 aliphatic rings. The molecular formula is C11H13ClOS. The van der Waals surface area contributed by atoms with Crippen molar-refractivity contribution in [3.63, 3.8) is 0 Å². The fourth-order valence-corrected chi connectivity index (χ4v) is 1.69. The molecule has 14 heavy (non-hydrogen) atoms. The van der Waals surface area contributed by atoms with Crippen LogP contribution in [0.5, 0.6) is 0 Å². The van der Waals surface area contributed by atoms with Gasteiger partial charge in [-0.3, -0.25) is 4.79 Å². The van der Waals surface area contributed by atoms with Crippen LogP contribution in [0.25, 0.3) is 0 Å². The predicted octanol–water partition coefficient (Wildman–Crippen LogP) is 3.20. The molecule has 0 unspecified atom stereocenters. The van der Waals surface area contributed by atoms with E-state index in [1.54, 1.807) is 11.8 Å². The highest BCUT2D eigenvalue weighted by molar-refractivity contribution is 7.98. The molecule has 0 radical (unpaired) electrons. The summed E-state index contributed by atoms with van der Waals surface area (Å²) < 4.78 is 0. The lowest BCUT2D eigenvalue weighted by molar-refractivity contribution is -0.118. The topological polar surface area (TPSA) is 17.1 Å². The summed E-state index contributed by atoms with van der Waals surface area (Å²) in [6.45, 7) is 0. The highest BCUT2D eigenvalue weighted by Crippen LogP contribution is 2.11. The molecule has 1 rings (SSSR count). The van der Waals surface area contributed by atoms with Gasteiger partial charge in [0.05, 0.1) is 0 Å². The Bertz CT molecular complexity index is 295. The van der Waals surface area contributed by atoms with Crippen molar-refractivity contribution in [1.29, 1.82) is 0 Å². The van der Waals surface area contributed by atoms with Gasteiger partial charge in [-0.2, -0.15) is 11.8 Å². The Morgan fingerprint density at radius 1 is 1.36 bits per heavy atom. The van der Waals surface area contributed by atoms with Crippen LogP contribution < -0.4 is 0 Å². The standard InChI is InChI=1S/C11H13ClOS/c1-14-7-6-11(13)8-9-2-4-10(12)5-3-9/h2-5H,6-8H2,1H3. The lowest BCUT2D eigenvalue weighted by Gasteiger charge is -2.00. The van der Waals surface area contributed by atoms with Gasteiger partial charge in [-0.25, -0.2) is 0 Å². The number of rotatable bonds is 5. The Balaban J connectivity index is 2.44. The summed E-state index contributed by atoms with van der Waals surface area (Å²) in [7, 11) is 0. The number of hydrogen-bond acceptors (Lipinski definition) is 2. The normalized spacial score (nSPS) is 10.1. The van der Waals surface area contributed by atoms with E-state index in [1.807, 2.05) is 30.5 Å². The van der Waals surface area contributed by atoms with E-state index >= 15 is 0 Å². The van der Waals surface area contributed by atoms with Crippen LogP contribution in [0.3, 0.4) is 0 Å². The third-order valence-corrected chi connectivity index (χ3v) is 2.76. The Kier molecular flexibility index (Phi) is 5.05. The maximum atomic E-state index is 11.4. The van der Waals surface area contributed by atoms with Crippen molar-refractivity contribution in [2.75, 3.05) is 12.0 Å². The van der Waals surface area contributed by atoms with Crippen molar-refractivity contribution in [3.05, 3.63) is 34.9 Å². The molecule has 76 valence electrons. The fraction of sp³-hybridized carbons (Fsp3) is 0.364. The SMILES string of the molecule is CSCCC(=O)Cc1ccc(Cl)cc1. The van der Waals surface area contributed by atoms with Crippen LogP contribution in [-0.2, 0) is 11.2 Å². The number of carbonyl (C=O) groups is 1. The van der Waals surface area contributed by atoms with Gasteiger partial charge in [-0.1, -0.05) is 23.7 Å². The summed E-state index contributed by atoms with van der Waals surface area (Å²) in [6, 6.07) is 7.44. The molecule has 0 aliphatic heterocycles. The van der Waals surface area contributed by atoms with Crippen molar-refractivity contribution < 1.29 is 4.79 Å². The Morgan fingerprint density at radius 3 is 2.57 bits per heavy atom. The van der Waals surface area contributed by atoms with Crippen LogP contribution in [0, 0.1) is 0 Å². The maximum Gasteiger partial charge on any atom is 0.138 e. The first-order chi connectivity index (χ1) is 6.72. The molecular weight excluding hydrogens is 216 g/mol. The number of thioether (sulfide) groups is 1. The quantitative estimate of drug-likeness (QED) is 0.770. The second-order valence-electron chi connectivity index (χ2n) is 3.08. The van der Waals surface area contributed by atoms with Gasteiger partial charge in [0.1, 0.15) is 5.78 Å². The molecule has 0 saturated heterocycles. The average molecular weight is 229 g/mol. The molecule has 0 amide bonds. The van der Waals surface area contributed by atoms with Crippen LogP contribution in [0.1, 0.15) is 12.0 Å². The summed E-state index contributed by atoms with van der Waals surface area (Å²) in [5, 5.41) is 0.713. The highest BCUT2D eigenvalue weighted by Gasteiger charge is 2.02. The molecule has 0 heterocycles.